The number of carbonyl (C=O) groups excluding carboxylic acids is 2. The van der Waals surface area contributed by atoms with Crippen molar-refractivity contribution < 1.29 is 14.3 Å². The molecule has 2 aromatic rings. The van der Waals surface area contributed by atoms with Crippen molar-refractivity contribution in [2.45, 2.75) is 13.3 Å². The topological polar surface area (TPSA) is 49.9 Å². The molecule has 0 radical (unpaired) electrons. The summed E-state index contributed by atoms with van der Waals surface area (Å²) in [5.74, 6) is 0.898. The first-order valence-corrected chi connectivity index (χ1v) is 9.79. The van der Waals surface area contributed by atoms with E-state index in [1.165, 1.54) is 0 Å². The van der Waals surface area contributed by atoms with Crippen molar-refractivity contribution >= 4 is 11.7 Å². The molecule has 1 amide bonds. The smallest absolute Gasteiger partial charge is 0.227 e. The number of amides is 1. The molecule has 1 heterocycles. The van der Waals surface area contributed by atoms with Gasteiger partial charge in [0.25, 0.3) is 0 Å². The number of Topliss-reactive ketones (excluding diaryl/α,β-unsaturated/α-hetero) is 1. The molecular weight excluding hydrogens is 352 g/mol. The molecule has 0 saturated carbocycles. The van der Waals surface area contributed by atoms with E-state index in [1.54, 1.807) is 13.2 Å². The number of methoxy groups -OCH3 is 1. The van der Waals surface area contributed by atoms with Gasteiger partial charge in [0.1, 0.15) is 5.75 Å². The van der Waals surface area contributed by atoms with Crippen molar-refractivity contribution in [3.63, 3.8) is 0 Å². The molecule has 0 aliphatic carbocycles. The number of nitrogens with zero attached hydrogens (tertiary/aromatic N) is 2. The maximum absolute atomic E-state index is 12.7. The molecule has 3 rings (SSSR count). The van der Waals surface area contributed by atoms with Crippen molar-refractivity contribution in [2.75, 3.05) is 39.8 Å². The lowest BCUT2D eigenvalue weighted by molar-refractivity contribution is -0.132. The number of piperazine rings is 1. The first-order chi connectivity index (χ1) is 13.6. The Kier molecular flexibility index (Phi) is 6.82. The fraction of sp³-hybridized carbons (Fsp3) is 0.391. The van der Waals surface area contributed by atoms with E-state index in [-0.39, 0.29) is 17.6 Å². The van der Waals surface area contributed by atoms with Crippen LogP contribution in [0.2, 0.25) is 0 Å². The van der Waals surface area contributed by atoms with Gasteiger partial charge in [0.15, 0.2) is 5.78 Å². The second-order valence-corrected chi connectivity index (χ2v) is 7.34. The second-order valence-electron chi connectivity index (χ2n) is 7.34. The zero-order valence-corrected chi connectivity index (χ0v) is 16.6. The third kappa shape index (κ3) is 5.20. The number of benzene rings is 2. The molecule has 5 heteroatoms. The van der Waals surface area contributed by atoms with Gasteiger partial charge in [-0.2, -0.15) is 0 Å². The van der Waals surface area contributed by atoms with Gasteiger partial charge in [-0.15, -0.1) is 0 Å². The van der Waals surface area contributed by atoms with E-state index in [0.717, 1.165) is 18.7 Å². The van der Waals surface area contributed by atoms with Gasteiger partial charge in [0.05, 0.1) is 13.5 Å². The largest absolute Gasteiger partial charge is 0.497 e. The van der Waals surface area contributed by atoms with Crippen LogP contribution in [-0.2, 0) is 11.2 Å². The van der Waals surface area contributed by atoms with Gasteiger partial charge in [-0.3, -0.25) is 14.5 Å². The Bertz CT molecular complexity index is 799. The van der Waals surface area contributed by atoms with Gasteiger partial charge in [-0.1, -0.05) is 49.4 Å². The summed E-state index contributed by atoms with van der Waals surface area (Å²) >= 11 is 0. The van der Waals surface area contributed by atoms with E-state index in [4.69, 9.17) is 4.74 Å². The molecular formula is C23H28N2O3. The summed E-state index contributed by atoms with van der Waals surface area (Å²) in [6.45, 7) is 5.70. The summed E-state index contributed by atoms with van der Waals surface area (Å²) in [7, 11) is 1.60. The van der Waals surface area contributed by atoms with Gasteiger partial charge < -0.3 is 9.64 Å². The normalized spacial score (nSPS) is 15.9. The van der Waals surface area contributed by atoms with Crippen molar-refractivity contribution in [3.05, 3.63) is 65.7 Å². The summed E-state index contributed by atoms with van der Waals surface area (Å²) in [6.07, 6.45) is 0.450. The number of rotatable bonds is 7. The zero-order valence-electron chi connectivity index (χ0n) is 16.6. The summed E-state index contributed by atoms with van der Waals surface area (Å²) in [4.78, 5) is 29.4. The minimum Gasteiger partial charge on any atom is -0.497 e. The highest BCUT2D eigenvalue weighted by molar-refractivity contribution is 5.98. The molecule has 1 fully saturated rings. The molecule has 1 unspecified atom stereocenters. The zero-order chi connectivity index (χ0) is 19.9. The molecule has 0 aromatic heterocycles. The van der Waals surface area contributed by atoms with Crippen LogP contribution in [0.15, 0.2) is 54.6 Å². The van der Waals surface area contributed by atoms with Crippen molar-refractivity contribution in [2.24, 2.45) is 5.92 Å². The fourth-order valence-electron chi connectivity index (χ4n) is 3.59. The molecule has 1 saturated heterocycles. The fourth-order valence-corrected chi connectivity index (χ4v) is 3.59. The molecule has 2 aromatic carbocycles. The van der Waals surface area contributed by atoms with E-state index < -0.39 is 0 Å². The van der Waals surface area contributed by atoms with E-state index >= 15 is 0 Å². The Morgan fingerprint density at radius 2 is 1.71 bits per heavy atom. The summed E-state index contributed by atoms with van der Waals surface area (Å²) in [5.41, 5.74) is 1.73. The third-order valence-electron chi connectivity index (χ3n) is 5.26. The van der Waals surface area contributed by atoms with Gasteiger partial charge in [-0.05, 0) is 17.7 Å². The minimum absolute atomic E-state index is 0.0984. The molecule has 148 valence electrons. The molecule has 0 spiro atoms. The quantitative estimate of drug-likeness (QED) is 0.693. The predicted octanol–water partition coefficient (Wildman–Crippen LogP) is 2.90. The summed E-state index contributed by atoms with van der Waals surface area (Å²) in [5, 5.41) is 0. The first kappa shape index (κ1) is 20.1. The van der Waals surface area contributed by atoms with Crippen LogP contribution in [0.5, 0.6) is 5.75 Å². The number of hydrogen-bond donors (Lipinski definition) is 0. The van der Waals surface area contributed by atoms with Crippen LogP contribution in [0.3, 0.4) is 0 Å². The van der Waals surface area contributed by atoms with Gasteiger partial charge >= 0.3 is 0 Å². The maximum atomic E-state index is 12.7. The van der Waals surface area contributed by atoms with Gasteiger partial charge in [0.2, 0.25) is 5.91 Å². The molecule has 0 bridgehead atoms. The van der Waals surface area contributed by atoms with E-state index in [2.05, 4.69) is 4.90 Å². The van der Waals surface area contributed by atoms with Crippen LogP contribution in [-0.4, -0.2) is 61.3 Å². The molecule has 28 heavy (non-hydrogen) atoms. The minimum atomic E-state index is -0.0984. The molecule has 1 atom stereocenters. The van der Waals surface area contributed by atoms with Crippen LogP contribution in [0, 0.1) is 5.92 Å². The van der Waals surface area contributed by atoms with Crippen molar-refractivity contribution in [3.8, 4) is 5.75 Å². The van der Waals surface area contributed by atoms with Crippen molar-refractivity contribution in [1.82, 2.24) is 9.80 Å². The summed E-state index contributed by atoms with van der Waals surface area (Å²) < 4.78 is 5.21. The van der Waals surface area contributed by atoms with Crippen LogP contribution in [0.1, 0.15) is 22.8 Å². The Morgan fingerprint density at radius 3 is 2.39 bits per heavy atom. The number of ether oxygens (including phenoxy) is 1. The lowest BCUT2D eigenvalue weighted by Crippen LogP contribution is -2.50. The Labute approximate surface area is 166 Å². The van der Waals surface area contributed by atoms with Crippen LogP contribution >= 0.6 is 0 Å². The van der Waals surface area contributed by atoms with E-state index in [9.17, 15) is 9.59 Å². The molecule has 1 aliphatic rings. The highest BCUT2D eigenvalue weighted by atomic mass is 16.5. The molecule has 0 N–H and O–H groups in total. The second kappa shape index (κ2) is 9.51. The Hall–Kier alpha value is -2.66. The summed E-state index contributed by atoms with van der Waals surface area (Å²) in [6, 6.07) is 17.2. The molecule has 5 nitrogen and oxygen atoms in total. The highest BCUT2D eigenvalue weighted by Gasteiger charge is 2.24. The molecule has 1 aliphatic heterocycles. The van der Waals surface area contributed by atoms with E-state index in [1.807, 2.05) is 60.4 Å². The third-order valence-corrected chi connectivity index (χ3v) is 5.26. The maximum Gasteiger partial charge on any atom is 0.227 e. The number of hydrogen-bond acceptors (Lipinski definition) is 4. The SMILES string of the molecule is COc1cccc(C(=O)C(C)CN2CCN(C(=O)Cc3ccccc3)CC2)c1. The van der Waals surface area contributed by atoms with Crippen LogP contribution < -0.4 is 4.74 Å². The lowest BCUT2D eigenvalue weighted by atomic mass is 9.98. The average Bonchev–Trinajstić information content (AvgIpc) is 2.74. The van der Waals surface area contributed by atoms with Crippen LogP contribution in [0.4, 0.5) is 0 Å². The first-order valence-electron chi connectivity index (χ1n) is 9.79. The number of ketones is 1. The van der Waals surface area contributed by atoms with Gasteiger partial charge in [0, 0.05) is 44.2 Å². The Morgan fingerprint density at radius 1 is 1.00 bits per heavy atom. The number of carbonyl (C=O) groups is 2. The predicted molar refractivity (Wildman–Crippen MR) is 110 cm³/mol. The monoisotopic (exact) mass is 380 g/mol. The highest BCUT2D eigenvalue weighted by Crippen LogP contribution is 2.17. The van der Waals surface area contributed by atoms with E-state index in [0.29, 0.717) is 37.4 Å². The average molecular weight is 380 g/mol. The standard InChI is InChI=1S/C23H28N2O3/c1-18(23(27)20-9-6-10-21(16-20)28-2)17-24-11-13-25(14-12-24)22(26)15-19-7-4-3-5-8-19/h3-10,16,18H,11-15,17H2,1-2H3. The van der Waals surface area contributed by atoms with Crippen LogP contribution in [0.25, 0.3) is 0 Å². The van der Waals surface area contributed by atoms with Gasteiger partial charge in [-0.25, -0.2) is 0 Å². The van der Waals surface area contributed by atoms with Crippen molar-refractivity contribution in [1.29, 1.82) is 0 Å². The lowest BCUT2D eigenvalue weighted by Gasteiger charge is -2.35. The Balaban J connectivity index is 1.48.